The number of hydrogen-bond acceptors (Lipinski definition) is 8. The average Bonchev–Trinajstić information content (AvgIpc) is 3.12. The van der Waals surface area contributed by atoms with Gasteiger partial charge in [-0.15, -0.1) is 0 Å². The van der Waals surface area contributed by atoms with Crippen LogP contribution < -0.4 is 9.80 Å². The number of aromatic nitrogens is 2. The van der Waals surface area contributed by atoms with E-state index in [2.05, 4.69) is 33.6 Å². The average molecular weight is 659 g/mol. The second-order valence-corrected chi connectivity index (χ2v) is 11.7. The van der Waals surface area contributed by atoms with Crippen LogP contribution in [0.5, 0.6) is 0 Å². The highest BCUT2D eigenvalue weighted by atomic mass is 16.6. The Morgan fingerprint density at radius 1 is 0.735 bits per heavy atom. The molecule has 0 bridgehead atoms. The maximum absolute atomic E-state index is 12.2. The third-order valence-corrected chi connectivity index (χ3v) is 7.79. The first-order valence-electron chi connectivity index (χ1n) is 15.8. The Hall–Kier alpha value is -5.68. The van der Waals surface area contributed by atoms with Crippen molar-refractivity contribution in [1.82, 2.24) is 9.97 Å². The summed E-state index contributed by atoms with van der Waals surface area (Å²) < 4.78 is 21.3. The topological polar surface area (TPSA) is 103 Å². The number of amides is 2. The number of nitrogens with zero attached hydrogens (tertiary/aromatic N) is 4. The van der Waals surface area contributed by atoms with Gasteiger partial charge in [0.1, 0.15) is 29.4 Å². The SMILES string of the molecule is COC1CN(c2ccc(C#Cc3ccccc3)cn2)C(=O)OC1(C)C.COCC1CCN(c2ccc(C#Cc3ccccc3)cn2)C(=O)O1. The molecule has 6 rings (SSSR count). The van der Waals surface area contributed by atoms with Crippen molar-refractivity contribution in [3.05, 3.63) is 120 Å². The Labute approximate surface area is 287 Å². The number of ether oxygens (including phenoxy) is 4. The molecule has 2 atom stereocenters. The second kappa shape index (κ2) is 16.4. The monoisotopic (exact) mass is 658 g/mol. The molecule has 2 amide bonds. The molecular weight excluding hydrogens is 620 g/mol. The molecule has 2 aliphatic rings. The van der Waals surface area contributed by atoms with Crippen LogP contribution in [0.4, 0.5) is 21.2 Å². The highest BCUT2D eigenvalue weighted by molar-refractivity contribution is 5.88. The van der Waals surface area contributed by atoms with E-state index >= 15 is 0 Å². The molecule has 2 aliphatic heterocycles. The molecule has 2 aromatic carbocycles. The van der Waals surface area contributed by atoms with Crippen molar-refractivity contribution in [1.29, 1.82) is 0 Å². The summed E-state index contributed by atoms with van der Waals surface area (Å²) in [6.07, 6.45) is 2.81. The van der Waals surface area contributed by atoms with Crippen LogP contribution in [0.2, 0.25) is 0 Å². The zero-order valence-corrected chi connectivity index (χ0v) is 28.0. The zero-order chi connectivity index (χ0) is 34.6. The standard InChI is InChI=1S/C20H20N2O3.C19H18N2O3/c1-20(2)17(24-3)14-22(19(23)25-20)18-12-11-16(13-21-18)10-9-15-7-5-4-6-8-15;1-23-14-17-11-12-21(19(22)24-17)18-10-9-16(13-20-18)8-7-15-5-3-2-4-6-15/h4-8,11-13,17H,14H2,1-3H3;2-6,9-10,13,17H,11-12,14H2,1H3. The molecule has 49 heavy (non-hydrogen) atoms. The van der Waals surface area contributed by atoms with Gasteiger partial charge in [-0.1, -0.05) is 60.1 Å². The van der Waals surface area contributed by atoms with Crippen LogP contribution in [0, 0.1) is 23.7 Å². The van der Waals surface area contributed by atoms with Crippen molar-refractivity contribution in [2.75, 3.05) is 43.7 Å². The molecule has 4 heterocycles. The summed E-state index contributed by atoms with van der Waals surface area (Å²) >= 11 is 0. The fraction of sp³-hybridized carbons (Fsp3) is 0.282. The largest absolute Gasteiger partial charge is 0.443 e. The summed E-state index contributed by atoms with van der Waals surface area (Å²) in [5, 5.41) is 0. The van der Waals surface area contributed by atoms with Crippen LogP contribution in [0.15, 0.2) is 97.3 Å². The minimum absolute atomic E-state index is 0.185. The molecule has 2 fully saturated rings. The fourth-order valence-electron chi connectivity index (χ4n) is 5.06. The van der Waals surface area contributed by atoms with E-state index in [0.29, 0.717) is 31.3 Å². The van der Waals surface area contributed by atoms with Gasteiger partial charge in [0.2, 0.25) is 0 Å². The molecule has 2 saturated heterocycles. The van der Waals surface area contributed by atoms with Gasteiger partial charge in [0.05, 0.1) is 13.2 Å². The molecule has 10 heteroatoms. The molecule has 0 radical (unpaired) electrons. The summed E-state index contributed by atoms with van der Waals surface area (Å²) in [4.78, 5) is 36.0. The van der Waals surface area contributed by atoms with Crippen LogP contribution in [-0.2, 0) is 18.9 Å². The van der Waals surface area contributed by atoms with Crippen LogP contribution in [0.25, 0.3) is 0 Å². The lowest BCUT2D eigenvalue weighted by molar-refractivity contribution is -0.0858. The molecule has 0 aliphatic carbocycles. The summed E-state index contributed by atoms with van der Waals surface area (Å²) in [6, 6.07) is 26.7. The molecule has 250 valence electrons. The van der Waals surface area contributed by atoms with Crippen molar-refractivity contribution < 1.29 is 28.5 Å². The van der Waals surface area contributed by atoms with Crippen LogP contribution in [0.1, 0.15) is 42.5 Å². The summed E-state index contributed by atoms with van der Waals surface area (Å²) in [5.41, 5.74) is 2.80. The number of carbonyl (C=O) groups is 2. The normalized spacial score (nSPS) is 18.0. The van der Waals surface area contributed by atoms with E-state index in [1.54, 1.807) is 38.7 Å². The highest BCUT2D eigenvalue weighted by Crippen LogP contribution is 2.28. The number of hydrogen-bond donors (Lipinski definition) is 0. The van der Waals surface area contributed by atoms with Gasteiger partial charge in [-0.2, -0.15) is 0 Å². The van der Waals surface area contributed by atoms with Gasteiger partial charge < -0.3 is 18.9 Å². The molecule has 2 unspecified atom stereocenters. The first kappa shape index (κ1) is 34.6. The number of rotatable bonds is 5. The summed E-state index contributed by atoms with van der Waals surface area (Å²) in [6.45, 7) is 5.05. The van der Waals surface area contributed by atoms with Gasteiger partial charge in [-0.05, 0) is 62.4 Å². The zero-order valence-electron chi connectivity index (χ0n) is 28.0. The number of anilines is 2. The number of benzene rings is 2. The first-order chi connectivity index (χ1) is 23.8. The van der Waals surface area contributed by atoms with Crippen molar-refractivity contribution in [2.45, 2.75) is 38.1 Å². The van der Waals surface area contributed by atoms with Gasteiger partial charge >= 0.3 is 12.2 Å². The minimum atomic E-state index is -0.663. The fourth-order valence-corrected chi connectivity index (χ4v) is 5.06. The van der Waals surface area contributed by atoms with Crippen LogP contribution >= 0.6 is 0 Å². The number of pyridine rings is 2. The Balaban J connectivity index is 0.000000191. The van der Waals surface area contributed by atoms with Gasteiger partial charge in [-0.25, -0.2) is 19.6 Å². The van der Waals surface area contributed by atoms with Crippen molar-refractivity contribution in [2.24, 2.45) is 0 Å². The lowest BCUT2D eigenvalue weighted by Gasteiger charge is -2.41. The molecule has 0 spiro atoms. The quantitative estimate of drug-likeness (QED) is 0.238. The summed E-state index contributed by atoms with van der Waals surface area (Å²) in [5.74, 6) is 13.4. The van der Waals surface area contributed by atoms with E-state index in [-0.39, 0.29) is 18.3 Å². The second-order valence-electron chi connectivity index (χ2n) is 11.7. The lowest BCUT2D eigenvalue weighted by Crippen LogP contribution is -2.57. The highest BCUT2D eigenvalue weighted by Gasteiger charge is 2.43. The molecular formula is C39H38N4O6. The Morgan fingerprint density at radius 2 is 1.27 bits per heavy atom. The van der Waals surface area contributed by atoms with Crippen LogP contribution in [0.3, 0.4) is 0 Å². The Bertz CT molecular complexity index is 1830. The molecule has 0 N–H and O–H groups in total. The number of cyclic esters (lactones) is 2. The van der Waals surface area contributed by atoms with Gasteiger partial charge in [0.15, 0.2) is 0 Å². The predicted octanol–water partition coefficient (Wildman–Crippen LogP) is 6.07. The van der Waals surface area contributed by atoms with Crippen molar-refractivity contribution in [3.8, 4) is 23.7 Å². The first-order valence-corrected chi connectivity index (χ1v) is 15.8. The molecule has 10 nitrogen and oxygen atoms in total. The maximum atomic E-state index is 12.2. The Kier molecular flexibility index (Phi) is 11.6. The van der Waals surface area contributed by atoms with E-state index in [4.69, 9.17) is 18.9 Å². The maximum Gasteiger partial charge on any atom is 0.416 e. The van der Waals surface area contributed by atoms with Crippen LogP contribution in [-0.4, -0.2) is 73.9 Å². The number of methoxy groups -OCH3 is 2. The van der Waals surface area contributed by atoms with E-state index < -0.39 is 11.7 Å². The predicted molar refractivity (Wildman–Crippen MR) is 186 cm³/mol. The van der Waals surface area contributed by atoms with Gasteiger partial charge in [0, 0.05) is 61.8 Å². The summed E-state index contributed by atoms with van der Waals surface area (Å²) in [7, 11) is 3.20. The molecule has 2 aromatic heterocycles. The molecule has 4 aromatic rings. The van der Waals surface area contributed by atoms with Gasteiger partial charge in [0.25, 0.3) is 0 Å². The third kappa shape index (κ3) is 9.45. The van der Waals surface area contributed by atoms with E-state index in [1.807, 2.05) is 86.6 Å². The van der Waals surface area contributed by atoms with Crippen molar-refractivity contribution in [3.63, 3.8) is 0 Å². The molecule has 0 saturated carbocycles. The minimum Gasteiger partial charge on any atom is -0.443 e. The van der Waals surface area contributed by atoms with E-state index in [0.717, 1.165) is 28.7 Å². The lowest BCUT2D eigenvalue weighted by atomic mass is 9.99. The Morgan fingerprint density at radius 3 is 1.73 bits per heavy atom. The van der Waals surface area contributed by atoms with Crippen molar-refractivity contribution >= 4 is 23.8 Å². The number of carbonyl (C=O) groups excluding carboxylic acids is 2. The van der Waals surface area contributed by atoms with E-state index in [9.17, 15) is 9.59 Å². The third-order valence-electron chi connectivity index (χ3n) is 7.79. The van der Waals surface area contributed by atoms with E-state index in [1.165, 1.54) is 9.80 Å². The van der Waals surface area contributed by atoms with Gasteiger partial charge in [-0.3, -0.25) is 9.80 Å². The smallest absolute Gasteiger partial charge is 0.416 e.